The Morgan fingerprint density at radius 2 is 1.93 bits per heavy atom. The summed E-state index contributed by atoms with van der Waals surface area (Å²) < 4.78 is 27.5. The molecule has 152 valence electrons. The first-order valence-electron chi connectivity index (χ1n) is 9.83. The number of carbonyl (C=O) groups excluding carboxylic acids is 1. The van der Waals surface area contributed by atoms with Crippen LogP contribution in [0.3, 0.4) is 0 Å². The average molecular weight is 421 g/mol. The molecule has 0 N–H and O–H groups in total. The minimum atomic E-state index is -3.61. The first kappa shape index (κ1) is 21.0. The van der Waals surface area contributed by atoms with Gasteiger partial charge in [0.25, 0.3) is 5.91 Å². The molecule has 1 aromatic heterocycles. The highest BCUT2D eigenvalue weighted by molar-refractivity contribution is 7.89. The number of nitrogens with zero attached hydrogens (tertiary/aromatic N) is 2. The summed E-state index contributed by atoms with van der Waals surface area (Å²) >= 11 is 1.75. The second kappa shape index (κ2) is 8.35. The zero-order chi connectivity index (χ0) is 20.5. The number of rotatable bonds is 6. The van der Waals surface area contributed by atoms with E-state index in [0.717, 1.165) is 12.8 Å². The van der Waals surface area contributed by atoms with Crippen LogP contribution >= 0.6 is 11.3 Å². The van der Waals surface area contributed by atoms with Gasteiger partial charge in [0.15, 0.2) is 0 Å². The van der Waals surface area contributed by atoms with E-state index < -0.39 is 10.0 Å². The molecule has 0 saturated carbocycles. The van der Waals surface area contributed by atoms with E-state index in [9.17, 15) is 13.2 Å². The minimum absolute atomic E-state index is 0.0478. The SMILES string of the molecule is CC[C@@H]1c2ccsc2CCN1C(=O)c1ccc(C)c(S(=O)(=O)N(CC)CC)c1. The fraction of sp³-hybridized carbons (Fsp3) is 0.476. The van der Waals surface area contributed by atoms with Crippen molar-refractivity contribution in [1.82, 2.24) is 9.21 Å². The lowest BCUT2D eigenvalue weighted by Crippen LogP contribution is -2.39. The Kier molecular flexibility index (Phi) is 6.27. The maximum atomic E-state index is 13.3. The molecule has 1 atom stereocenters. The number of thiophene rings is 1. The molecular formula is C21H28N2O3S2. The van der Waals surface area contributed by atoms with Crippen LogP contribution in [0.2, 0.25) is 0 Å². The fourth-order valence-electron chi connectivity index (χ4n) is 3.96. The molecule has 2 heterocycles. The number of amides is 1. The van der Waals surface area contributed by atoms with Crippen LogP contribution in [0.1, 0.15) is 59.6 Å². The number of benzene rings is 1. The van der Waals surface area contributed by atoms with Gasteiger partial charge >= 0.3 is 0 Å². The van der Waals surface area contributed by atoms with Crippen LogP contribution in [0.25, 0.3) is 0 Å². The third kappa shape index (κ3) is 3.63. The fourth-order valence-corrected chi connectivity index (χ4v) is 6.60. The normalized spacial score (nSPS) is 17.0. The van der Waals surface area contributed by atoms with Gasteiger partial charge in [0.05, 0.1) is 10.9 Å². The first-order valence-corrected chi connectivity index (χ1v) is 12.1. The zero-order valence-electron chi connectivity index (χ0n) is 16.9. The largest absolute Gasteiger partial charge is 0.331 e. The molecule has 0 fully saturated rings. The second-order valence-electron chi connectivity index (χ2n) is 7.04. The summed E-state index contributed by atoms with van der Waals surface area (Å²) in [6.07, 6.45) is 1.69. The van der Waals surface area contributed by atoms with E-state index in [1.807, 2.05) is 18.7 Å². The number of hydrogen-bond donors (Lipinski definition) is 0. The van der Waals surface area contributed by atoms with Crippen LogP contribution in [-0.2, 0) is 16.4 Å². The third-order valence-electron chi connectivity index (χ3n) is 5.50. The van der Waals surface area contributed by atoms with E-state index in [-0.39, 0.29) is 16.8 Å². The van der Waals surface area contributed by atoms with Crippen molar-refractivity contribution < 1.29 is 13.2 Å². The summed E-state index contributed by atoms with van der Waals surface area (Å²) in [7, 11) is -3.61. The summed E-state index contributed by atoms with van der Waals surface area (Å²) in [6.45, 7) is 8.98. The van der Waals surface area contributed by atoms with Crippen LogP contribution < -0.4 is 0 Å². The predicted octanol–water partition coefficient (Wildman–Crippen LogP) is 4.24. The van der Waals surface area contributed by atoms with Crippen molar-refractivity contribution in [2.75, 3.05) is 19.6 Å². The van der Waals surface area contributed by atoms with E-state index in [2.05, 4.69) is 18.4 Å². The van der Waals surface area contributed by atoms with Crippen LogP contribution in [-0.4, -0.2) is 43.2 Å². The molecule has 0 saturated heterocycles. The van der Waals surface area contributed by atoms with Crippen molar-refractivity contribution >= 4 is 27.3 Å². The van der Waals surface area contributed by atoms with Crippen molar-refractivity contribution in [2.24, 2.45) is 0 Å². The number of carbonyl (C=O) groups is 1. The quantitative estimate of drug-likeness (QED) is 0.702. The molecule has 0 unspecified atom stereocenters. The molecule has 0 aliphatic carbocycles. The maximum absolute atomic E-state index is 13.3. The lowest BCUT2D eigenvalue weighted by Gasteiger charge is -2.35. The molecule has 3 rings (SSSR count). The van der Waals surface area contributed by atoms with Crippen molar-refractivity contribution in [3.05, 3.63) is 51.2 Å². The van der Waals surface area contributed by atoms with Crippen LogP contribution in [0.15, 0.2) is 34.5 Å². The molecule has 5 nitrogen and oxygen atoms in total. The molecule has 0 bridgehead atoms. The predicted molar refractivity (Wildman–Crippen MR) is 113 cm³/mol. The highest BCUT2D eigenvalue weighted by atomic mass is 32.2. The molecule has 1 aliphatic rings. The van der Waals surface area contributed by atoms with Gasteiger partial charge in [0.1, 0.15) is 0 Å². The van der Waals surface area contributed by atoms with Crippen LogP contribution in [0, 0.1) is 6.92 Å². The van der Waals surface area contributed by atoms with Crippen LogP contribution in [0.5, 0.6) is 0 Å². The van der Waals surface area contributed by atoms with E-state index in [1.165, 1.54) is 14.7 Å². The summed E-state index contributed by atoms with van der Waals surface area (Å²) in [4.78, 5) is 16.8. The average Bonchev–Trinajstić information content (AvgIpc) is 3.16. The molecule has 1 amide bonds. The monoisotopic (exact) mass is 420 g/mol. The number of sulfonamides is 1. The van der Waals surface area contributed by atoms with Crippen LogP contribution in [0.4, 0.5) is 0 Å². The Morgan fingerprint density at radius 3 is 2.57 bits per heavy atom. The highest BCUT2D eigenvalue weighted by Gasteiger charge is 2.32. The second-order valence-corrected chi connectivity index (χ2v) is 9.95. The molecule has 2 aromatic rings. The van der Waals surface area contributed by atoms with Crippen molar-refractivity contribution in [1.29, 1.82) is 0 Å². The van der Waals surface area contributed by atoms with E-state index >= 15 is 0 Å². The summed E-state index contributed by atoms with van der Waals surface area (Å²) in [5, 5.41) is 2.09. The van der Waals surface area contributed by atoms with Gasteiger partial charge in [0, 0.05) is 30.1 Å². The number of fused-ring (bicyclic) bond motifs is 1. The Bertz CT molecular complexity index is 962. The molecule has 1 aromatic carbocycles. The lowest BCUT2D eigenvalue weighted by molar-refractivity contribution is 0.0657. The summed E-state index contributed by atoms with van der Waals surface area (Å²) in [5.41, 5.74) is 2.33. The Hall–Kier alpha value is -1.70. The number of aryl methyl sites for hydroxylation is 1. The Balaban J connectivity index is 1.98. The van der Waals surface area contributed by atoms with E-state index in [1.54, 1.807) is 36.5 Å². The Labute approximate surface area is 172 Å². The van der Waals surface area contributed by atoms with Crippen molar-refractivity contribution in [2.45, 2.75) is 51.5 Å². The lowest BCUT2D eigenvalue weighted by atomic mass is 9.96. The van der Waals surface area contributed by atoms with E-state index in [4.69, 9.17) is 0 Å². The summed E-state index contributed by atoms with van der Waals surface area (Å²) in [5.74, 6) is -0.0975. The van der Waals surface area contributed by atoms with Gasteiger partial charge < -0.3 is 4.90 Å². The third-order valence-corrected chi connectivity index (χ3v) is 8.69. The number of hydrogen-bond acceptors (Lipinski definition) is 4. The van der Waals surface area contributed by atoms with Gasteiger partial charge in [0.2, 0.25) is 10.0 Å². The van der Waals surface area contributed by atoms with Gasteiger partial charge in [-0.1, -0.05) is 26.8 Å². The molecule has 1 aliphatic heterocycles. The van der Waals surface area contributed by atoms with Gasteiger partial charge in [-0.3, -0.25) is 4.79 Å². The molecule has 7 heteroatoms. The molecular weight excluding hydrogens is 392 g/mol. The van der Waals surface area contributed by atoms with Gasteiger partial charge in [-0.05, 0) is 54.5 Å². The van der Waals surface area contributed by atoms with Crippen molar-refractivity contribution in [3.63, 3.8) is 0 Å². The molecule has 0 radical (unpaired) electrons. The highest BCUT2D eigenvalue weighted by Crippen LogP contribution is 2.36. The molecule has 28 heavy (non-hydrogen) atoms. The smallest absolute Gasteiger partial charge is 0.254 e. The summed E-state index contributed by atoms with van der Waals surface area (Å²) in [6, 6.07) is 7.20. The molecule has 0 spiro atoms. The van der Waals surface area contributed by atoms with Gasteiger partial charge in [-0.15, -0.1) is 11.3 Å². The van der Waals surface area contributed by atoms with Crippen molar-refractivity contribution in [3.8, 4) is 0 Å². The van der Waals surface area contributed by atoms with Gasteiger partial charge in [-0.25, -0.2) is 8.42 Å². The standard InChI is InChI=1S/C21H28N2O3S2/c1-5-18-17-11-13-27-19(17)10-12-23(18)21(24)16-9-8-15(4)20(14-16)28(25,26)22(6-2)7-3/h8-9,11,13-14,18H,5-7,10,12H2,1-4H3/t18-/m1/s1. The topological polar surface area (TPSA) is 57.7 Å². The maximum Gasteiger partial charge on any atom is 0.254 e. The minimum Gasteiger partial charge on any atom is -0.331 e. The van der Waals surface area contributed by atoms with Gasteiger partial charge in [-0.2, -0.15) is 4.31 Å². The first-order chi connectivity index (χ1) is 13.3. The Morgan fingerprint density at radius 1 is 1.21 bits per heavy atom. The zero-order valence-corrected chi connectivity index (χ0v) is 18.6. The van der Waals surface area contributed by atoms with E-state index in [0.29, 0.717) is 30.8 Å².